The maximum atomic E-state index is 12.5. The van der Waals surface area contributed by atoms with Crippen LogP contribution in [0.25, 0.3) is 0 Å². The number of likely N-dealkylation sites (tertiary alicyclic amines) is 1. The molecular formula is C18H17Cl2N3O2. The number of halogens is 2. The summed E-state index contributed by atoms with van der Waals surface area (Å²) in [6.45, 7) is 1.06. The minimum atomic E-state index is -0.176. The first-order chi connectivity index (χ1) is 12.1. The van der Waals surface area contributed by atoms with Crippen molar-refractivity contribution < 1.29 is 9.59 Å². The van der Waals surface area contributed by atoms with Gasteiger partial charge in [-0.25, -0.2) is 0 Å². The summed E-state index contributed by atoms with van der Waals surface area (Å²) in [6, 6.07) is 8.56. The Morgan fingerprint density at radius 1 is 1.08 bits per heavy atom. The lowest BCUT2D eigenvalue weighted by Crippen LogP contribution is -2.41. The van der Waals surface area contributed by atoms with Crippen LogP contribution in [0.2, 0.25) is 10.0 Å². The molecular weight excluding hydrogens is 361 g/mol. The van der Waals surface area contributed by atoms with Gasteiger partial charge in [-0.3, -0.25) is 14.6 Å². The second-order valence-electron chi connectivity index (χ2n) is 5.89. The number of anilines is 1. The zero-order valence-electron chi connectivity index (χ0n) is 13.4. The molecule has 0 atom stereocenters. The van der Waals surface area contributed by atoms with Crippen LogP contribution in [0.4, 0.5) is 5.69 Å². The molecule has 5 nitrogen and oxygen atoms in total. The third kappa shape index (κ3) is 4.11. The van der Waals surface area contributed by atoms with E-state index in [9.17, 15) is 9.59 Å². The van der Waals surface area contributed by atoms with Gasteiger partial charge in [0.05, 0.1) is 21.3 Å². The number of hydrogen-bond donors (Lipinski definition) is 1. The van der Waals surface area contributed by atoms with Gasteiger partial charge in [0.1, 0.15) is 0 Å². The number of aromatic nitrogens is 1. The summed E-state index contributed by atoms with van der Waals surface area (Å²) in [5.74, 6) is -0.352. The van der Waals surface area contributed by atoms with E-state index in [-0.39, 0.29) is 17.7 Å². The van der Waals surface area contributed by atoms with Gasteiger partial charge in [-0.2, -0.15) is 0 Å². The second-order valence-corrected chi connectivity index (χ2v) is 6.71. The third-order valence-electron chi connectivity index (χ3n) is 4.27. The van der Waals surface area contributed by atoms with Crippen LogP contribution in [0.15, 0.2) is 42.7 Å². The Morgan fingerprint density at radius 3 is 2.36 bits per heavy atom. The molecule has 0 aliphatic carbocycles. The molecule has 0 saturated carbocycles. The van der Waals surface area contributed by atoms with Crippen molar-refractivity contribution >= 4 is 40.7 Å². The molecule has 25 heavy (non-hydrogen) atoms. The molecule has 3 rings (SSSR count). The van der Waals surface area contributed by atoms with Crippen LogP contribution in [0, 0.1) is 5.92 Å². The van der Waals surface area contributed by atoms with Gasteiger partial charge in [0.2, 0.25) is 5.91 Å². The highest BCUT2D eigenvalue weighted by molar-refractivity contribution is 6.39. The highest BCUT2D eigenvalue weighted by atomic mass is 35.5. The van der Waals surface area contributed by atoms with Crippen molar-refractivity contribution in [1.29, 1.82) is 0 Å². The molecule has 1 N–H and O–H groups in total. The van der Waals surface area contributed by atoms with E-state index < -0.39 is 0 Å². The number of carbonyl (C=O) groups is 2. The smallest absolute Gasteiger partial charge is 0.255 e. The monoisotopic (exact) mass is 377 g/mol. The lowest BCUT2D eigenvalue weighted by Gasteiger charge is -2.31. The molecule has 0 radical (unpaired) electrons. The van der Waals surface area contributed by atoms with E-state index in [0.717, 1.165) is 0 Å². The molecule has 0 unspecified atom stereocenters. The summed E-state index contributed by atoms with van der Waals surface area (Å²) in [5, 5.41) is 3.62. The lowest BCUT2D eigenvalue weighted by molar-refractivity contribution is -0.121. The first-order valence-corrected chi connectivity index (χ1v) is 8.76. The van der Waals surface area contributed by atoms with E-state index in [1.54, 1.807) is 47.6 Å². The van der Waals surface area contributed by atoms with Gasteiger partial charge in [0, 0.05) is 31.4 Å². The average molecular weight is 378 g/mol. The molecule has 1 aliphatic heterocycles. The number of hydrogen-bond acceptors (Lipinski definition) is 3. The molecule has 0 bridgehead atoms. The highest BCUT2D eigenvalue weighted by Crippen LogP contribution is 2.31. The quantitative estimate of drug-likeness (QED) is 0.882. The Morgan fingerprint density at radius 2 is 1.76 bits per heavy atom. The van der Waals surface area contributed by atoms with Gasteiger partial charge in [-0.1, -0.05) is 29.3 Å². The minimum Gasteiger partial charge on any atom is -0.339 e. The third-order valence-corrected chi connectivity index (χ3v) is 4.90. The number of rotatable bonds is 3. The molecule has 2 amide bonds. The lowest BCUT2D eigenvalue weighted by atomic mass is 9.95. The molecule has 1 aromatic heterocycles. The molecule has 1 fully saturated rings. The second kappa shape index (κ2) is 7.85. The van der Waals surface area contributed by atoms with E-state index in [1.807, 2.05) is 0 Å². The summed E-state index contributed by atoms with van der Waals surface area (Å²) in [6.07, 6.45) is 4.38. The minimum absolute atomic E-state index is 0.0545. The van der Waals surface area contributed by atoms with Crippen molar-refractivity contribution in [1.82, 2.24) is 9.88 Å². The van der Waals surface area contributed by atoms with Gasteiger partial charge in [0.25, 0.3) is 5.91 Å². The van der Waals surface area contributed by atoms with Crippen molar-refractivity contribution in [3.05, 3.63) is 58.3 Å². The summed E-state index contributed by atoms with van der Waals surface area (Å²) < 4.78 is 0. The first kappa shape index (κ1) is 17.7. The number of pyridine rings is 1. The van der Waals surface area contributed by atoms with E-state index in [0.29, 0.717) is 47.2 Å². The largest absolute Gasteiger partial charge is 0.339 e. The Balaban J connectivity index is 1.59. The normalized spacial score (nSPS) is 15.0. The molecule has 130 valence electrons. The van der Waals surface area contributed by atoms with E-state index in [4.69, 9.17) is 23.2 Å². The van der Waals surface area contributed by atoms with Crippen molar-refractivity contribution in [3.63, 3.8) is 0 Å². The molecule has 1 aliphatic rings. The maximum Gasteiger partial charge on any atom is 0.255 e. The van der Waals surface area contributed by atoms with Crippen LogP contribution in [0.3, 0.4) is 0 Å². The number of para-hydroxylation sites is 1. The standard InChI is InChI=1S/C18H17Cl2N3O2/c19-14-4-1-5-15(20)16(14)22-17(24)12-6-9-23(10-7-12)18(25)13-3-2-8-21-11-13/h1-5,8,11-12H,6-7,9-10H2,(H,22,24). The summed E-state index contributed by atoms with van der Waals surface area (Å²) >= 11 is 12.2. The van der Waals surface area contributed by atoms with Crippen molar-refractivity contribution in [2.45, 2.75) is 12.8 Å². The topological polar surface area (TPSA) is 62.3 Å². The van der Waals surface area contributed by atoms with Gasteiger partial charge in [-0.05, 0) is 37.1 Å². The zero-order chi connectivity index (χ0) is 17.8. The summed E-state index contributed by atoms with van der Waals surface area (Å²) in [7, 11) is 0. The Bertz CT molecular complexity index is 755. The molecule has 2 aromatic rings. The molecule has 1 saturated heterocycles. The molecule has 0 spiro atoms. The SMILES string of the molecule is O=C(Nc1c(Cl)cccc1Cl)C1CCN(C(=O)c2cccnc2)CC1. The van der Waals surface area contributed by atoms with Crippen molar-refractivity contribution in [2.75, 3.05) is 18.4 Å². The van der Waals surface area contributed by atoms with Gasteiger partial charge in [0.15, 0.2) is 0 Å². The predicted octanol–water partition coefficient (Wildman–Crippen LogP) is 3.88. The first-order valence-electron chi connectivity index (χ1n) is 8.00. The van der Waals surface area contributed by atoms with Crippen molar-refractivity contribution in [3.8, 4) is 0 Å². The molecule has 1 aromatic carbocycles. The number of nitrogens with one attached hydrogen (secondary N) is 1. The fraction of sp³-hybridized carbons (Fsp3) is 0.278. The number of nitrogens with zero attached hydrogens (tertiary/aromatic N) is 2. The molecule has 7 heteroatoms. The molecule has 2 heterocycles. The van der Waals surface area contributed by atoms with Crippen LogP contribution < -0.4 is 5.32 Å². The Hall–Kier alpha value is -2.11. The van der Waals surface area contributed by atoms with Gasteiger partial charge in [-0.15, -0.1) is 0 Å². The van der Waals surface area contributed by atoms with Gasteiger partial charge < -0.3 is 10.2 Å². The zero-order valence-corrected chi connectivity index (χ0v) is 14.9. The predicted molar refractivity (Wildman–Crippen MR) is 98.0 cm³/mol. The fourth-order valence-electron chi connectivity index (χ4n) is 2.86. The highest BCUT2D eigenvalue weighted by Gasteiger charge is 2.28. The van der Waals surface area contributed by atoms with E-state index in [2.05, 4.69) is 10.3 Å². The van der Waals surface area contributed by atoms with Crippen LogP contribution in [0.5, 0.6) is 0 Å². The Kier molecular flexibility index (Phi) is 5.56. The number of amides is 2. The number of piperidine rings is 1. The van der Waals surface area contributed by atoms with Crippen molar-refractivity contribution in [2.24, 2.45) is 5.92 Å². The summed E-state index contributed by atoms with van der Waals surface area (Å²) in [4.78, 5) is 30.6. The van der Waals surface area contributed by atoms with Crippen LogP contribution in [-0.2, 0) is 4.79 Å². The maximum absolute atomic E-state index is 12.5. The number of benzene rings is 1. The fourth-order valence-corrected chi connectivity index (χ4v) is 3.35. The van der Waals surface area contributed by atoms with E-state index in [1.165, 1.54) is 0 Å². The van der Waals surface area contributed by atoms with Crippen LogP contribution >= 0.6 is 23.2 Å². The van der Waals surface area contributed by atoms with Crippen LogP contribution in [0.1, 0.15) is 23.2 Å². The Labute approximate surface area is 155 Å². The number of carbonyl (C=O) groups excluding carboxylic acids is 2. The summed E-state index contributed by atoms with van der Waals surface area (Å²) in [5.41, 5.74) is 0.998. The van der Waals surface area contributed by atoms with Gasteiger partial charge >= 0.3 is 0 Å². The van der Waals surface area contributed by atoms with Crippen LogP contribution in [-0.4, -0.2) is 34.8 Å². The average Bonchev–Trinajstić information content (AvgIpc) is 2.65. The van der Waals surface area contributed by atoms with E-state index >= 15 is 0 Å².